The number of aryl methyl sites for hydroxylation is 1. The molecule has 34 heavy (non-hydrogen) atoms. The van der Waals surface area contributed by atoms with Gasteiger partial charge in [0.05, 0.1) is 20.1 Å². The summed E-state index contributed by atoms with van der Waals surface area (Å²) >= 11 is 0. The number of nitrogens with zero attached hydrogens (tertiary/aromatic N) is 1. The van der Waals surface area contributed by atoms with Gasteiger partial charge in [0, 0.05) is 36.7 Å². The largest absolute Gasteiger partial charge is 0.493 e. The average Bonchev–Trinajstić information content (AvgIpc) is 3.32. The highest BCUT2D eigenvalue weighted by Gasteiger charge is 2.42. The average molecular weight is 459 g/mol. The van der Waals surface area contributed by atoms with E-state index in [1.54, 1.807) is 19.1 Å². The molecular weight excluding hydrogens is 428 g/mol. The fourth-order valence-corrected chi connectivity index (χ4v) is 4.55. The molecule has 3 aromatic carbocycles. The van der Waals surface area contributed by atoms with Crippen molar-refractivity contribution in [2.45, 2.75) is 19.4 Å². The smallest absolute Gasteiger partial charge is 0.253 e. The van der Waals surface area contributed by atoms with E-state index in [0.717, 1.165) is 16.7 Å². The van der Waals surface area contributed by atoms with Crippen molar-refractivity contribution in [3.8, 4) is 11.5 Å². The van der Waals surface area contributed by atoms with Crippen molar-refractivity contribution in [2.75, 3.05) is 27.3 Å². The Balaban J connectivity index is 1.62. The number of carbonyl (C=O) groups is 2. The summed E-state index contributed by atoms with van der Waals surface area (Å²) in [5.41, 5.74) is 3.60. The molecule has 0 spiro atoms. The second-order valence-corrected chi connectivity index (χ2v) is 8.58. The van der Waals surface area contributed by atoms with Crippen LogP contribution in [0, 0.1) is 12.8 Å². The van der Waals surface area contributed by atoms with Crippen LogP contribution >= 0.6 is 0 Å². The van der Waals surface area contributed by atoms with Crippen LogP contribution in [0.3, 0.4) is 0 Å². The lowest BCUT2D eigenvalue weighted by Gasteiger charge is -2.21. The van der Waals surface area contributed by atoms with E-state index in [1.807, 2.05) is 79.7 Å². The molecule has 6 heteroatoms. The van der Waals surface area contributed by atoms with Crippen molar-refractivity contribution in [1.82, 2.24) is 10.2 Å². The summed E-state index contributed by atoms with van der Waals surface area (Å²) in [6, 6.07) is 23.0. The lowest BCUT2D eigenvalue weighted by Crippen LogP contribution is -2.35. The Morgan fingerprint density at radius 1 is 0.912 bits per heavy atom. The van der Waals surface area contributed by atoms with Crippen LogP contribution in [-0.4, -0.2) is 44.0 Å². The molecule has 0 saturated carbocycles. The number of carbonyl (C=O) groups excluding carboxylic acids is 2. The van der Waals surface area contributed by atoms with Crippen LogP contribution in [0.4, 0.5) is 0 Å². The summed E-state index contributed by atoms with van der Waals surface area (Å²) in [5.74, 6) is 0.393. The van der Waals surface area contributed by atoms with Gasteiger partial charge in [0.1, 0.15) is 0 Å². The molecule has 0 bridgehead atoms. The summed E-state index contributed by atoms with van der Waals surface area (Å²) in [6.07, 6.45) is 0. The Kier molecular flexibility index (Phi) is 7.16. The molecule has 0 aliphatic carbocycles. The number of amides is 2. The summed E-state index contributed by atoms with van der Waals surface area (Å²) < 4.78 is 11.2. The monoisotopic (exact) mass is 458 g/mol. The predicted molar refractivity (Wildman–Crippen MR) is 131 cm³/mol. The number of nitrogens with one attached hydrogen (secondary N) is 1. The van der Waals surface area contributed by atoms with Gasteiger partial charge in [-0.3, -0.25) is 9.59 Å². The maximum Gasteiger partial charge on any atom is 0.253 e. The highest BCUT2D eigenvalue weighted by Crippen LogP contribution is 2.42. The minimum atomic E-state index is -0.417. The molecule has 0 radical (unpaired) electrons. The number of hydrogen-bond donors (Lipinski definition) is 1. The molecule has 1 N–H and O–H groups in total. The molecule has 176 valence electrons. The molecule has 2 amide bonds. The fourth-order valence-electron chi connectivity index (χ4n) is 4.55. The Morgan fingerprint density at radius 2 is 1.65 bits per heavy atom. The highest BCUT2D eigenvalue weighted by atomic mass is 16.5. The number of benzene rings is 3. The molecule has 0 unspecified atom stereocenters. The minimum Gasteiger partial charge on any atom is -0.493 e. The SMILES string of the molecule is COc1cccc([C@H]2CN(C(=O)c3ccc(C)cc3)C[C@@H]2C(=O)NCc2ccccc2)c1OC. The van der Waals surface area contributed by atoms with Crippen molar-refractivity contribution < 1.29 is 19.1 Å². The quantitative estimate of drug-likeness (QED) is 0.577. The van der Waals surface area contributed by atoms with E-state index in [2.05, 4.69) is 5.32 Å². The van der Waals surface area contributed by atoms with E-state index >= 15 is 0 Å². The van der Waals surface area contributed by atoms with Crippen molar-refractivity contribution in [3.05, 3.63) is 95.1 Å². The Labute approximate surface area is 200 Å². The van der Waals surface area contributed by atoms with Crippen LogP contribution in [0.25, 0.3) is 0 Å². The normalized spacial score (nSPS) is 17.3. The number of hydrogen-bond acceptors (Lipinski definition) is 4. The van der Waals surface area contributed by atoms with E-state index in [-0.39, 0.29) is 17.7 Å². The summed E-state index contributed by atoms with van der Waals surface area (Å²) in [5, 5.41) is 3.06. The van der Waals surface area contributed by atoms with Gasteiger partial charge in [-0.15, -0.1) is 0 Å². The second kappa shape index (κ2) is 10.4. The third-order valence-electron chi connectivity index (χ3n) is 6.38. The molecule has 4 rings (SSSR count). The molecule has 2 atom stereocenters. The molecule has 3 aromatic rings. The molecule has 0 aromatic heterocycles. The van der Waals surface area contributed by atoms with Gasteiger partial charge in [-0.05, 0) is 30.7 Å². The third kappa shape index (κ3) is 4.91. The van der Waals surface area contributed by atoms with Crippen LogP contribution < -0.4 is 14.8 Å². The molecule has 1 heterocycles. The first-order valence-electron chi connectivity index (χ1n) is 11.4. The first kappa shape index (κ1) is 23.4. The van der Waals surface area contributed by atoms with Gasteiger partial charge >= 0.3 is 0 Å². The molecule has 1 fully saturated rings. The maximum absolute atomic E-state index is 13.4. The van der Waals surface area contributed by atoms with E-state index in [4.69, 9.17) is 9.47 Å². The van der Waals surface area contributed by atoms with E-state index in [0.29, 0.717) is 36.7 Å². The van der Waals surface area contributed by atoms with Gasteiger partial charge < -0.3 is 19.7 Å². The van der Waals surface area contributed by atoms with E-state index < -0.39 is 5.92 Å². The number of ether oxygens (including phenoxy) is 2. The van der Waals surface area contributed by atoms with E-state index in [9.17, 15) is 9.59 Å². The van der Waals surface area contributed by atoms with E-state index in [1.165, 1.54) is 0 Å². The zero-order valence-electron chi connectivity index (χ0n) is 19.8. The Hall–Kier alpha value is -3.80. The number of para-hydroxylation sites is 1. The standard InChI is InChI=1S/C28H30N2O4/c1-19-12-14-21(15-13-19)28(32)30-17-23(22-10-7-11-25(33-2)26(22)34-3)24(18-30)27(31)29-16-20-8-5-4-6-9-20/h4-15,23-24H,16-18H2,1-3H3,(H,29,31)/t23-,24+/m1/s1. The molecular formula is C28H30N2O4. The number of rotatable bonds is 7. The van der Waals surface area contributed by atoms with Crippen LogP contribution in [0.1, 0.15) is 33.0 Å². The maximum atomic E-state index is 13.4. The van der Waals surface area contributed by atoms with Crippen molar-refractivity contribution in [3.63, 3.8) is 0 Å². The summed E-state index contributed by atoms with van der Waals surface area (Å²) in [4.78, 5) is 28.4. The zero-order valence-corrected chi connectivity index (χ0v) is 19.8. The zero-order chi connectivity index (χ0) is 24.1. The number of methoxy groups -OCH3 is 2. The highest BCUT2D eigenvalue weighted by molar-refractivity contribution is 5.95. The first-order chi connectivity index (χ1) is 16.5. The van der Waals surface area contributed by atoms with Crippen LogP contribution in [0.5, 0.6) is 11.5 Å². The van der Waals surface area contributed by atoms with Gasteiger partial charge in [-0.2, -0.15) is 0 Å². The number of likely N-dealkylation sites (tertiary alicyclic amines) is 1. The lowest BCUT2D eigenvalue weighted by molar-refractivity contribution is -0.125. The van der Waals surface area contributed by atoms with Crippen molar-refractivity contribution in [1.29, 1.82) is 0 Å². The fraction of sp³-hybridized carbons (Fsp3) is 0.286. The summed E-state index contributed by atoms with van der Waals surface area (Å²) in [6.45, 7) is 3.17. The van der Waals surface area contributed by atoms with Crippen molar-refractivity contribution in [2.24, 2.45) is 5.92 Å². The first-order valence-corrected chi connectivity index (χ1v) is 11.4. The second-order valence-electron chi connectivity index (χ2n) is 8.58. The minimum absolute atomic E-state index is 0.0785. The van der Waals surface area contributed by atoms with Crippen LogP contribution in [0.15, 0.2) is 72.8 Å². The predicted octanol–water partition coefficient (Wildman–Crippen LogP) is 4.18. The van der Waals surface area contributed by atoms with Gasteiger partial charge in [0.15, 0.2) is 11.5 Å². The van der Waals surface area contributed by atoms with Crippen molar-refractivity contribution >= 4 is 11.8 Å². The summed E-state index contributed by atoms with van der Waals surface area (Å²) in [7, 11) is 3.18. The molecule has 1 aliphatic heterocycles. The topological polar surface area (TPSA) is 67.9 Å². The van der Waals surface area contributed by atoms with Crippen LogP contribution in [0.2, 0.25) is 0 Å². The van der Waals surface area contributed by atoms with Gasteiger partial charge in [-0.25, -0.2) is 0 Å². The molecule has 1 saturated heterocycles. The van der Waals surface area contributed by atoms with Gasteiger partial charge in [0.2, 0.25) is 5.91 Å². The lowest BCUT2D eigenvalue weighted by atomic mass is 9.87. The Morgan fingerprint density at radius 3 is 2.32 bits per heavy atom. The van der Waals surface area contributed by atoms with Crippen LogP contribution in [-0.2, 0) is 11.3 Å². The Bertz CT molecular complexity index is 1140. The van der Waals surface area contributed by atoms with Gasteiger partial charge in [-0.1, -0.05) is 60.2 Å². The van der Waals surface area contributed by atoms with Gasteiger partial charge in [0.25, 0.3) is 5.91 Å². The molecule has 6 nitrogen and oxygen atoms in total. The third-order valence-corrected chi connectivity index (χ3v) is 6.38. The molecule has 1 aliphatic rings.